The van der Waals surface area contributed by atoms with Crippen molar-refractivity contribution >= 4 is 45.4 Å². The Morgan fingerprint density at radius 2 is 1.97 bits per heavy atom. The molecule has 1 aromatic carbocycles. The number of carbonyl (C=O) groups is 1. The fraction of sp³-hybridized carbons (Fsp3) is 0.417. The van der Waals surface area contributed by atoms with Crippen LogP contribution in [0.25, 0.3) is 11.1 Å². The van der Waals surface area contributed by atoms with Crippen LogP contribution in [-0.4, -0.2) is 48.5 Å². The topological polar surface area (TPSA) is 59.4 Å². The minimum absolute atomic E-state index is 0.100. The van der Waals surface area contributed by atoms with Gasteiger partial charge in [0.2, 0.25) is 0 Å². The molecule has 1 aliphatic rings. The van der Waals surface area contributed by atoms with Gasteiger partial charge in [-0.3, -0.25) is 9.48 Å². The zero-order valence-electron chi connectivity index (χ0n) is 19.1. The first kappa shape index (κ1) is 24.1. The lowest BCUT2D eigenvalue weighted by molar-refractivity contribution is 0.0956. The van der Waals surface area contributed by atoms with Crippen molar-refractivity contribution in [2.24, 2.45) is 0 Å². The predicted molar refractivity (Wildman–Crippen MR) is 136 cm³/mol. The lowest BCUT2D eigenvalue weighted by Gasteiger charge is -2.28. The summed E-state index contributed by atoms with van der Waals surface area (Å²) in [6.07, 6.45) is 0.788. The van der Waals surface area contributed by atoms with Crippen molar-refractivity contribution in [2.45, 2.75) is 33.7 Å². The third-order valence-electron chi connectivity index (χ3n) is 5.76. The molecule has 9 heteroatoms. The number of morpholine rings is 1. The van der Waals surface area contributed by atoms with E-state index in [0.29, 0.717) is 41.2 Å². The van der Waals surface area contributed by atoms with Crippen LogP contribution in [0.4, 0.5) is 5.00 Å². The standard InChI is InChI=1S/C24H28Cl2N4O2S/c1-4-18-21(19-6-5-17(25)14-20(19)26)22(33-24(18)29-9-11-32-12-10-29)23(31)27-7-8-30-16(3)13-15(2)28-30/h5-6,13-14H,4,7-12H2,1-3H3,(H,27,31). The lowest BCUT2D eigenvalue weighted by Crippen LogP contribution is -2.36. The number of aryl methyl sites for hydroxylation is 2. The first-order chi connectivity index (χ1) is 15.9. The maximum atomic E-state index is 13.4. The quantitative estimate of drug-likeness (QED) is 0.468. The van der Waals surface area contributed by atoms with Crippen LogP contribution < -0.4 is 10.2 Å². The van der Waals surface area contributed by atoms with Crippen LogP contribution in [0, 0.1) is 13.8 Å². The van der Waals surface area contributed by atoms with Gasteiger partial charge in [-0.15, -0.1) is 11.3 Å². The zero-order chi connectivity index (χ0) is 23.5. The highest BCUT2D eigenvalue weighted by Gasteiger charge is 2.27. The van der Waals surface area contributed by atoms with E-state index in [-0.39, 0.29) is 5.91 Å². The average molecular weight is 507 g/mol. The van der Waals surface area contributed by atoms with Gasteiger partial charge in [0.25, 0.3) is 5.91 Å². The summed E-state index contributed by atoms with van der Waals surface area (Å²) >= 11 is 14.3. The smallest absolute Gasteiger partial charge is 0.262 e. The van der Waals surface area contributed by atoms with E-state index in [2.05, 4.69) is 22.2 Å². The molecule has 1 amide bonds. The van der Waals surface area contributed by atoms with Gasteiger partial charge in [-0.05, 0) is 44.0 Å². The van der Waals surface area contributed by atoms with E-state index in [0.717, 1.165) is 52.6 Å². The normalized spacial score (nSPS) is 14.0. The van der Waals surface area contributed by atoms with Gasteiger partial charge in [-0.25, -0.2) is 0 Å². The molecule has 3 heterocycles. The Hall–Kier alpha value is -2.06. The lowest BCUT2D eigenvalue weighted by atomic mass is 9.98. The van der Waals surface area contributed by atoms with Crippen molar-refractivity contribution in [3.8, 4) is 11.1 Å². The van der Waals surface area contributed by atoms with Crippen LogP contribution in [0.3, 0.4) is 0 Å². The Morgan fingerprint density at radius 3 is 2.61 bits per heavy atom. The SMILES string of the molecule is CCc1c(N2CCOCC2)sc(C(=O)NCCn2nc(C)cc2C)c1-c1ccc(Cl)cc1Cl. The minimum Gasteiger partial charge on any atom is -0.378 e. The third kappa shape index (κ3) is 5.22. The van der Waals surface area contributed by atoms with E-state index >= 15 is 0 Å². The van der Waals surface area contributed by atoms with Crippen molar-refractivity contribution in [2.75, 3.05) is 37.7 Å². The second-order valence-electron chi connectivity index (χ2n) is 8.07. The number of rotatable bonds is 7. The molecule has 33 heavy (non-hydrogen) atoms. The summed E-state index contributed by atoms with van der Waals surface area (Å²) in [5.41, 5.74) is 4.91. The van der Waals surface area contributed by atoms with E-state index < -0.39 is 0 Å². The molecule has 1 aliphatic heterocycles. The molecule has 6 nitrogen and oxygen atoms in total. The number of benzene rings is 1. The number of hydrogen-bond donors (Lipinski definition) is 1. The van der Waals surface area contributed by atoms with Crippen molar-refractivity contribution in [1.82, 2.24) is 15.1 Å². The summed E-state index contributed by atoms with van der Waals surface area (Å²) in [5, 5.41) is 9.80. The van der Waals surface area contributed by atoms with Crippen LogP contribution in [0.1, 0.15) is 33.5 Å². The minimum atomic E-state index is -0.100. The maximum Gasteiger partial charge on any atom is 0.262 e. The number of thiophene rings is 1. The second kappa shape index (κ2) is 10.5. The van der Waals surface area contributed by atoms with Gasteiger partial charge in [-0.2, -0.15) is 5.10 Å². The summed E-state index contributed by atoms with van der Waals surface area (Å²) in [7, 11) is 0. The summed E-state index contributed by atoms with van der Waals surface area (Å²) in [5.74, 6) is -0.100. The number of aromatic nitrogens is 2. The summed E-state index contributed by atoms with van der Waals surface area (Å²) in [6, 6.07) is 7.48. The van der Waals surface area contributed by atoms with Gasteiger partial charge in [0.05, 0.1) is 30.5 Å². The highest BCUT2D eigenvalue weighted by Crippen LogP contribution is 2.45. The molecule has 1 saturated heterocycles. The van der Waals surface area contributed by atoms with Crippen molar-refractivity contribution in [3.63, 3.8) is 0 Å². The van der Waals surface area contributed by atoms with E-state index in [4.69, 9.17) is 27.9 Å². The maximum absolute atomic E-state index is 13.4. The van der Waals surface area contributed by atoms with E-state index in [9.17, 15) is 4.79 Å². The Balaban J connectivity index is 1.68. The van der Waals surface area contributed by atoms with Crippen LogP contribution in [0.2, 0.25) is 10.0 Å². The van der Waals surface area contributed by atoms with E-state index in [1.165, 1.54) is 11.3 Å². The zero-order valence-corrected chi connectivity index (χ0v) is 21.4. The number of anilines is 1. The number of hydrogen-bond acceptors (Lipinski definition) is 5. The highest BCUT2D eigenvalue weighted by atomic mass is 35.5. The van der Waals surface area contributed by atoms with E-state index in [1.54, 1.807) is 6.07 Å². The molecular weight excluding hydrogens is 479 g/mol. The van der Waals surface area contributed by atoms with E-state index in [1.807, 2.05) is 36.7 Å². The number of nitrogens with zero attached hydrogens (tertiary/aromatic N) is 3. The fourth-order valence-corrected chi connectivity index (χ4v) is 6.07. The monoisotopic (exact) mass is 506 g/mol. The first-order valence-electron chi connectivity index (χ1n) is 11.1. The summed E-state index contributed by atoms with van der Waals surface area (Å²) in [6.45, 7) is 10.2. The third-order valence-corrected chi connectivity index (χ3v) is 7.60. The number of carbonyl (C=O) groups excluding carboxylic acids is 1. The van der Waals surface area contributed by atoms with Crippen LogP contribution >= 0.6 is 34.5 Å². The van der Waals surface area contributed by atoms with Gasteiger partial charge >= 0.3 is 0 Å². The van der Waals surface area contributed by atoms with Gasteiger partial charge in [0.1, 0.15) is 4.88 Å². The molecule has 0 bridgehead atoms. The molecule has 0 atom stereocenters. The predicted octanol–water partition coefficient (Wildman–Crippen LogP) is 5.36. The fourth-order valence-electron chi connectivity index (χ4n) is 4.20. The molecule has 0 aliphatic carbocycles. The first-order valence-corrected chi connectivity index (χ1v) is 12.7. The Bertz CT molecular complexity index is 1150. The second-order valence-corrected chi connectivity index (χ2v) is 9.92. The average Bonchev–Trinajstić information content (AvgIpc) is 3.33. The largest absolute Gasteiger partial charge is 0.378 e. The Morgan fingerprint density at radius 1 is 1.21 bits per heavy atom. The highest BCUT2D eigenvalue weighted by molar-refractivity contribution is 7.18. The molecule has 1 fully saturated rings. The Kier molecular flexibility index (Phi) is 7.64. The van der Waals surface area contributed by atoms with Crippen LogP contribution in [0.5, 0.6) is 0 Å². The molecule has 176 valence electrons. The number of halogens is 2. The molecule has 3 aromatic rings. The van der Waals surface area contributed by atoms with Gasteiger partial charge < -0.3 is 15.0 Å². The van der Waals surface area contributed by atoms with Gasteiger partial charge in [0, 0.05) is 46.5 Å². The summed E-state index contributed by atoms with van der Waals surface area (Å²) in [4.78, 5) is 16.4. The molecule has 0 spiro atoms. The molecule has 0 radical (unpaired) electrons. The molecule has 0 unspecified atom stereocenters. The number of amides is 1. The summed E-state index contributed by atoms with van der Waals surface area (Å²) < 4.78 is 7.46. The molecular formula is C24H28Cl2N4O2S. The van der Waals surface area contributed by atoms with Crippen molar-refractivity contribution in [3.05, 3.63) is 56.1 Å². The van der Waals surface area contributed by atoms with Crippen molar-refractivity contribution < 1.29 is 9.53 Å². The Labute approximate surface area is 208 Å². The number of ether oxygens (including phenoxy) is 1. The number of nitrogens with one attached hydrogen (secondary N) is 1. The van der Waals surface area contributed by atoms with Crippen molar-refractivity contribution in [1.29, 1.82) is 0 Å². The van der Waals surface area contributed by atoms with Crippen LogP contribution in [0.15, 0.2) is 24.3 Å². The molecule has 0 saturated carbocycles. The molecule has 4 rings (SSSR count). The van der Waals surface area contributed by atoms with Gasteiger partial charge in [-0.1, -0.05) is 36.2 Å². The van der Waals surface area contributed by atoms with Gasteiger partial charge in [0.15, 0.2) is 0 Å². The molecule has 2 aromatic heterocycles. The van der Waals surface area contributed by atoms with Crippen LogP contribution in [-0.2, 0) is 17.7 Å². The molecule has 1 N–H and O–H groups in total.